The number of likely N-dealkylation sites (tertiary alicyclic amines) is 1. The van der Waals surface area contributed by atoms with Crippen molar-refractivity contribution in [1.29, 1.82) is 0 Å². The molecule has 1 unspecified atom stereocenters. The quantitative estimate of drug-likeness (QED) is 0.620. The molecule has 1 atom stereocenters. The zero-order chi connectivity index (χ0) is 18.6. The van der Waals surface area contributed by atoms with E-state index in [9.17, 15) is 4.79 Å². The first-order valence-electron chi connectivity index (χ1n) is 10.3. The van der Waals surface area contributed by atoms with Gasteiger partial charge in [0.05, 0.1) is 12.3 Å². The Labute approximate surface area is 161 Å². The lowest BCUT2D eigenvalue weighted by Crippen LogP contribution is -2.56. The molecule has 1 saturated carbocycles. The first-order valence-corrected chi connectivity index (χ1v) is 10.3. The van der Waals surface area contributed by atoms with Crippen molar-refractivity contribution in [3.8, 4) is 0 Å². The Morgan fingerprint density at radius 3 is 2.59 bits per heavy atom. The highest BCUT2D eigenvalue weighted by Crippen LogP contribution is 2.20. The van der Waals surface area contributed by atoms with Crippen LogP contribution < -0.4 is 5.32 Å². The van der Waals surface area contributed by atoms with Crippen LogP contribution in [-0.2, 0) is 11.2 Å². The number of hydrogen-bond acceptors (Lipinski definition) is 4. The summed E-state index contributed by atoms with van der Waals surface area (Å²) in [5, 5.41) is 3.58. The largest absolute Gasteiger partial charge is 0.469 e. The van der Waals surface area contributed by atoms with E-state index in [1.54, 1.807) is 6.26 Å². The van der Waals surface area contributed by atoms with Crippen molar-refractivity contribution in [1.82, 2.24) is 20.0 Å². The fraction of sp³-hybridized carbons (Fsp3) is 0.700. The van der Waals surface area contributed by atoms with Crippen LogP contribution in [0.25, 0.3) is 0 Å². The van der Waals surface area contributed by atoms with Crippen molar-refractivity contribution in [2.45, 2.75) is 44.2 Å². The van der Waals surface area contributed by atoms with Gasteiger partial charge in [0.25, 0.3) is 0 Å². The van der Waals surface area contributed by atoms with Crippen LogP contribution in [0.15, 0.2) is 27.8 Å². The SMILES string of the molecule is CN1CCCC1C(=O)N1CCN(C(=NCCc2ccco2)NC2CC2)CC1. The van der Waals surface area contributed by atoms with Gasteiger partial charge in [-0.3, -0.25) is 14.7 Å². The lowest BCUT2D eigenvalue weighted by Gasteiger charge is -2.38. The summed E-state index contributed by atoms with van der Waals surface area (Å²) in [6.45, 7) is 5.02. The molecule has 2 aliphatic heterocycles. The van der Waals surface area contributed by atoms with Gasteiger partial charge < -0.3 is 19.5 Å². The van der Waals surface area contributed by atoms with Crippen LogP contribution in [-0.4, -0.2) is 85.0 Å². The van der Waals surface area contributed by atoms with Crippen molar-refractivity contribution in [2.24, 2.45) is 4.99 Å². The van der Waals surface area contributed by atoms with Gasteiger partial charge in [0.2, 0.25) is 5.91 Å². The van der Waals surface area contributed by atoms with Gasteiger partial charge in [-0.25, -0.2) is 0 Å². The summed E-state index contributed by atoms with van der Waals surface area (Å²) in [5.41, 5.74) is 0. The van der Waals surface area contributed by atoms with Crippen LogP contribution in [0.2, 0.25) is 0 Å². The molecule has 3 heterocycles. The second-order valence-electron chi connectivity index (χ2n) is 7.90. The summed E-state index contributed by atoms with van der Waals surface area (Å²) in [5.74, 6) is 2.27. The lowest BCUT2D eigenvalue weighted by atomic mass is 10.1. The predicted molar refractivity (Wildman–Crippen MR) is 105 cm³/mol. The molecule has 1 N–H and O–H groups in total. The van der Waals surface area contributed by atoms with Crippen molar-refractivity contribution in [3.63, 3.8) is 0 Å². The molecule has 0 radical (unpaired) electrons. The molecule has 1 aromatic rings. The molecule has 7 heteroatoms. The molecule has 1 amide bonds. The number of aliphatic imine (C=N–C) groups is 1. The zero-order valence-electron chi connectivity index (χ0n) is 16.3. The Bertz CT molecular complexity index is 647. The van der Waals surface area contributed by atoms with Crippen LogP contribution in [0.5, 0.6) is 0 Å². The van der Waals surface area contributed by atoms with Gasteiger partial charge in [-0.1, -0.05) is 0 Å². The Balaban J connectivity index is 1.31. The molecule has 3 fully saturated rings. The number of nitrogens with one attached hydrogen (secondary N) is 1. The average Bonchev–Trinajstić information content (AvgIpc) is 3.15. The molecule has 2 saturated heterocycles. The number of furan rings is 1. The third-order valence-electron chi connectivity index (χ3n) is 5.81. The van der Waals surface area contributed by atoms with Crippen molar-refractivity contribution >= 4 is 11.9 Å². The number of guanidine groups is 1. The molecule has 0 spiro atoms. The lowest BCUT2D eigenvalue weighted by molar-refractivity contribution is -0.136. The van der Waals surface area contributed by atoms with E-state index in [1.807, 2.05) is 17.0 Å². The number of likely N-dealkylation sites (N-methyl/N-ethyl adjacent to an activating group) is 1. The van der Waals surface area contributed by atoms with Gasteiger partial charge in [0.1, 0.15) is 5.76 Å². The number of rotatable bonds is 5. The van der Waals surface area contributed by atoms with E-state index in [0.29, 0.717) is 18.5 Å². The molecular formula is C20H31N5O2. The fourth-order valence-electron chi connectivity index (χ4n) is 3.95. The maximum atomic E-state index is 12.8. The second-order valence-corrected chi connectivity index (χ2v) is 7.90. The summed E-state index contributed by atoms with van der Waals surface area (Å²) in [6, 6.07) is 4.57. The molecule has 0 aromatic carbocycles. The molecule has 1 aliphatic carbocycles. The minimum absolute atomic E-state index is 0.0857. The number of carbonyl (C=O) groups is 1. The Hall–Kier alpha value is -2.02. The van der Waals surface area contributed by atoms with Crippen LogP contribution >= 0.6 is 0 Å². The first-order chi connectivity index (χ1) is 13.2. The number of piperazine rings is 1. The van der Waals surface area contributed by atoms with Crippen molar-refractivity contribution in [2.75, 3.05) is 46.3 Å². The maximum absolute atomic E-state index is 12.8. The standard InChI is InChI=1S/C20H31N5O2/c1-23-10-2-5-18(23)19(26)24-11-13-25(14-12-24)20(22-16-6-7-16)21-9-8-17-4-3-15-27-17/h3-4,15-16,18H,2,5-14H2,1H3,(H,21,22). The second kappa shape index (κ2) is 8.33. The van der Waals surface area contributed by atoms with E-state index in [4.69, 9.17) is 9.41 Å². The van der Waals surface area contributed by atoms with Gasteiger partial charge in [0.15, 0.2) is 5.96 Å². The smallest absolute Gasteiger partial charge is 0.240 e. The van der Waals surface area contributed by atoms with Gasteiger partial charge >= 0.3 is 0 Å². The van der Waals surface area contributed by atoms with E-state index < -0.39 is 0 Å². The number of nitrogens with zero attached hydrogens (tertiary/aromatic N) is 4. The van der Waals surface area contributed by atoms with Crippen molar-refractivity contribution in [3.05, 3.63) is 24.2 Å². The fourth-order valence-corrected chi connectivity index (χ4v) is 3.95. The molecule has 0 bridgehead atoms. The zero-order valence-corrected chi connectivity index (χ0v) is 16.3. The average molecular weight is 374 g/mol. The highest BCUT2D eigenvalue weighted by atomic mass is 16.3. The van der Waals surface area contributed by atoms with E-state index in [1.165, 1.54) is 12.8 Å². The number of amides is 1. The molecule has 4 rings (SSSR count). The summed E-state index contributed by atoms with van der Waals surface area (Å²) < 4.78 is 5.40. The first kappa shape index (κ1) is 18.3. The minimum Gasteiger partial charge on any atom is -0.469 e. The van der Waals surface area contributed by atoms with E-state index >= 15 is 0 Å². The summed E-state index contributed by atoms with van der Waals surface area (Å²) >= 11 is 0. The Kier molecular flexibility index (Phi) is 5.66. The van der Waals surface area contributed by atoms with Gasteiger partial charge in [-0.05, 0) is 51.4 Å². The topological polar surface area (TPSA) is 64.3 Å². The third-order valence-corrected chi connectivity index (χ3v) is 5.81. The third kappa shape index (κ3) is 4.64. The highest BCUT2D eigenvalue weighted by molar-refractivity contribution is 5.83. The molecule has 1 aromatic heterocycles. The monoisotopic (exact) mass is 373 g/mol. The van der Waals surface area contributed by atoms with Gasteiger partial charge in [-0.15, -0.1) is 0 Å². The Morgan fingerprint density at radius 1 is 1.19 bits per heavy atom. The van der Waals surface area contributed by atoms with Crippen LogP contribution in [0.4, 0.5) is 0 Å². The van der Waals surface area contributed by atoms with Gasteiger partial charge in [0, 0.05) is 45.2 Å². The maximum Gasteiger partial charge on any atom is 0.240 e. The molecular weight excluding hydrogens is 342 g/mol. The summed E-state index contributed by atoms with van der Waals surface area (Å²) in [7, 11) is 2.06. The Morgan fingerprint density at radius 2 is 1.96 bits per heavy atom. The predicted octanol–water partition coefficient (Wildman–Crippen LogP) is 1.17. The van der Waals surface area contributed by atoms with E-state index in [-0.39, 0.29) is 6.04 Å². The summed E-state index contributed by atoms with van der Waals surface area (Å²) in [4.78, 5) is 24.2. The van der Waals surface area contributed by atoms with Crippen molar-refractivity contribution < 1.29 is 9.21 Å². The molecule has 7 nitrogen and oxygen atoms in total. The van der Waals surface area contributed by atoms with E-state index in [2.05, 4.69) is 22.2 Å². The normalized spacial score (nSPS) is 24.5. The molecule has 3 aliphatic rings. The van der Waals surface area contributed by atoms with Crippen LogP contribution in [0.3, 0.4) is 0 Å². The van der Waals surface area contributed by atoms with Crippen LogP contribution in [0.1, 0.15) is 31.4 Å². The van der Waals surface area contributed by atoms with E-state index in [0.717, 1.165) is 63.7 Å². The highest BCUT2D eigenvalue weighted by Gasteiger charge is 2.33. The molecule has 27 heavy (non-hydrogen) atoms. The number of carbonyl (C=O) groups excluding carboxylic acids is 1. The summed E-state index contributed by atoms with van der Waals surface area (Å²) in [6.07, 6.45) is 7.10. The molecule has 148 valence electrons. The number of hydrogen-bond donors (Lipinski definition) is 1. The van der Waals surface area contributed by atoms with Crippen LogP contribution in [0, 0.1) is 0 Å². The minimum atomic E-state index is 0.0857. The van der Waals surface area contributed by atoms with Gasteiger partial charge in [-0.2, -0.15) is 0 Å².